The number of carbonyl (C=O) groups is 3. The van der Waals surface area contributed by atoms with Crippen molar-refractivity contribution in [1.29, 1.82) is 5.26 Å². The van der Waals surface area contributed by atoms with Gasteiger partial charge in [-0.1, -0.05) is 43.3 Å². The third kappa shape index (κ3) is 9.63. The molecule has 41 heavy (non-hydrogen) atoms. The predicted octanol–water partition coefficient (Wildman–Crippen LogP) is 5.91. The van der Waals surface area contributed by atoms with E-state index in [9.17, 15) is 14.4 Å². The lowest BCUT2D eigenvalue weighted by molar-refractivity contribution is 0.0442. The highest BCUT2D eigenvalue weighted by Crippen LogP contribution is 2.31. The van der Waals surface area contributed by atoms with Crippen molar-refractivity contribution in [3.63, 3.8) is 0 Å². The Morgan fingerprint density at radius 2 is 1.22 bits per heavy atom. The molecule has 220 valence electrons. The second-order valence-corrected chi connectivity index (χ2v) is 12.7. The first-order valence-corrected chi connectivity index (χ1v) is 14.4. The van der Waals surface area contributed by atoms with Crippen molar-refractivity contribution in [2.24, 2.45) is 10.8 Å². The van der Waals surface area contributed by atoms with Crippen LogP contribution < -0.4 is 5.32 Å². The van der Waals surface area contributed by atoms with Crippen LogP contribution in [0.3, 0.4) is 0 Å². The summed E-state index contributed by atoms with van der Waals surface area (Å²) in [7, 11) is 0. The maximum absolute atomic E-state index is 12.5. The van der Waals surface area contributed by atoms with Crippen LogP contribution in [0.4, 0.5) is 4.79 Å². The summed E-state index contributed by atoms with van der Waals surface area (Å²) in [6.45, 7) is 13.0. The van der Waals surface area contributed by atoms with Gasteiger partial charge in [-0.15, -0.1) is 0 Å². The van der Waals surface area contributed by atoms with E-state index in [1.807, 2.05) is 98.2 Å². The third-order valence-corrected chi connectivity index (χ3v) is 7.78. The Bertz CT molecular complexity index is 1200. The number of likely N-dealkylation sites (tertiary alicyclic amines) is 2. The van der Waals surface area contributed by atoms with Gasteiger partial charge in [0.1, 0.15) is 5.60 Å². The van der Waals surface area contributed by atoms with Gasteiger partial charge < -0.3 is 19.9 Å². The standard InChI is InChI=1S/C19H28N2O3.C14H16N2O/c1-18(2,3)24-17(23)20-14-19(4)10-12-21(13-11-19)16(22)15-8-6-5-7-9-15;1-14(11-15)7-9-16(10-8-14)13(17)12-5-3-2-4-6-12/h5-9H,10-14H2,1-4H3,(H,20,23);2-6H,7-10H2,1H3. The molecule has 8 nitrogen and oxygen atoms in total. The average Bonchev–Trinajstić information content (AvgIpc) is 2.97. The van der Waals surface area contributed by atoms with Crippen molar-refractivity contribution in [1.82, 2.24) is 15.1 Å². The summed E-state index contributed by atoms with van der Waals surface area (Å²) in [5, 5.41) is 11.9. The van der Waals surface area contributed by atoms with Crippen LogP contribution in [0, 0.1) is 22.2 Å². The van der Waals surface area contributed by atoms with Crippen LogP contribution in [-0.2, 0) is 4.74 Å². The number of benzene rings is 2. The molecule has 2 aromatic rings. The molecule has 2 saturated heterocycles. The molecular formula is C33H44N4O4. The summed E-state index contributed by atoms with van der Waals surface area (Å²) in [6.07, 6.45) is 2.87. The smallest absolute Gasteiger partial charge is 0.407 e. The van der Waals surface area contributed by atoms with Gasteiger partial charge in [0.15, 0.2) is 0 Å². The van der Waals surface area contributed by atoms with Gasteiger partial charge in [-0.05, 0) is 83.1 Å². The Balaban J connectivity index is 0.000000239. The highest BCUT2D eigenvalue weighted by atomic mass is 16.6. The van der Waals surface area contributed by atoms with Crippen LogP contribution in [0.15, 0.2) is 60.7 Å². The summed E-state index contributed by atoms with van der Waals surface area (Å²) in [5.74, 6) is 0.156. The molecule has 0 atom stereocenters. The van der Waals surface area contributed by atoms with Gasteiger partial charge in [-0.3, -0.25) is 9.59 Å². The molecule has 0 aliphatic carbocycles. The molecule has 8 heteroatoms. The normalized spacial score (nSPS) is 17.8. The molecule has 2 aromatic carbocycles. The van der Waals surface area contributed by atoms with E-state index >= 15 is 0 Å². The lowest BCUT2D eigenvalue weighted by Crippen LogP contribution is -2.47. The Morgan fingerprint density at radius 1 is 0.805 bits per heavy atom. The van der Waals surface area contributed by atoms with Gasteiger partial charge in [-0.25, -0.2) is 4.79 Å². The maximum atomic E-state index is 12.5. The summed E-state index contributed by atoms with van der Waals surface area (Å²) in [4.78, 5) is 40.2. The van der Waals surface area contributed by atoms with Crippen LogP contribution in [0.5, 0.6) is 0 Å². The number of amides is 3. The van der Waals surface area contributed by atoms with Crippen LogP contribution in [0.2, 0.25) is 0 Å². The van der Waals surface area contributed by atoms with Crippen molar-refractivity contribution in [2.45, 2.75) is 65.9 Å². The van der Waals surface area contributed by atoms with Crippen molar-refractivity contribution in [3.05, 3.63) is 71.8 Å². The van der Waals surface area contributed by atoms with Crippen LogP contribution in [-0.4, -0.2) is 66.0 Å². The van der Waals surface area contributed by atoms with Gasteiger partial charge in [0.2, 0.25) is 0 Å². The van der Waals surface area contributed by atoms with Crippen molar-refractivity contribution >= 4 is 17.9 Å². The monoisotopic (exact) mass is 560 g/mol. The fourth-order valence-electron chi connectivity index (χ4n) is 4.87. The molecule has 2 heterocycles. The van der Waals surface area contributed by atoms with Crippen molar-refractivity contribution in [3.8, 4) is 6.07 Å². The number of carbonyl (C=O) groups excluding carboxylic acids is 3. The number of ether oxygens (including phenoxy) is 1. The largest absolute Gasteiger partial charge is 0.444 e. The first-order valence-electron chi connectivity index (χ1n) is 14.4. The second-order valence-electron chi connectivity index (χ2n) is 12.7. The highest BCUT2D eigenvalue weighted by Gasteiger charge is 2.33. The zero-order chi connectivity index (χ0) is 30.1. The maximum Gasteiger partial charge on any atom is 0.407 e. The van der Waals surface area contributed by atoms with Crippen molar-refractivity contribution in [2.75, 3.05) is 32.7 Å². The third-order valence-electron chi connectivity index (χ3n) is 7.78. The molecule has 0 spiro atoms. The van der Waals surface area contributed by atoms with E-state index in [-0.39, 0.29) is 28.7 Å². The molecule has 0 bridgehead atoms. The molecule has 4 rings (SSSR count). The van der Waals surface area contributed by atoms with Crippen LogP contribution in [0.25, 0.3) is 0 Å². The van der Waals surface area contributed by atoms with Crippen molar-refractivity contribution < 1.29 is 19.1 Å². The zero-order valence-electron chi connectivity index (χ0n) is 25.1. The van der Waals surface area contributed by atoms with E-state index in [2.05, 4.69) is 18.3 Å². The number of piperidine rings is 2. The SMILES string of the molecule is CC1(C#N)CCN(C(=O)c2ccccc2)CC1.CC1(CNC(=O)OC(C)(C)C)CCN(C(=O)c2ccccc2)CC1. The van der Waals surface area contributed by atoms with E-state index in [1.165, 1.54) is 0 Å². The number of alkyl carbamates (subject to hydrolysis) is 1. The van der Waals surface area contributed by atoms with E-state index in [0.29, 0.717) is 32.7 Å². The summed E-state index contributed by atoms with van der Waals surface area (Å²) < 4.78 is 5.28. The molecule has 0 aromatic heterocycles. The van der Waals surface area contributed by atoms with E-state index in [0.717, 1.165) is 36.8 Å². The Labute approximate surface area is 244 Å². The number of hydrogen-bond donors (Lipinski definition) is 1. The molecule has 2 aliphatic heterocycles. The summed E-state index contributed by atoms with van der Waals surface area (Å²) in [5.41, 5.74) is 0.704. The van der Waals surface area contributed by atoms with E-state index in [1.54, 1.807) is 0 Å². The van der Waals surface area contributed by atoms with Crippen LogP contribution in [0.1, 0.15) is 81.0 Å². The number of hydrogen-bond acceptors (Lipinski definition) is 5. The topological polar surface area (TPSA) is 103 Å². The fourth-order valence-corrected chi connectivity index (χ4v) is 4.87. The minimum Gasteiger partial charge on any atom is -0.444 e. The van der Waals surface area contributed by atoms with E-state index in [4.69, 9.17) is 10.00 Å². The minimum absolute atomic E-state index is 0.00955. The Morgan fingerprint density at radius 3 is 1.61 bits per heavy atom. The quantitative estimate of drug-likeness (QED) is 0.501. The number of nitrogens with zero attached hydrogens (tertiary/aromatic N) is 3. The number of nitrogens with one attached hydrogen (secondary N) is 1. The minimum atomic E-state index is -0.490. The number of rotatable bonds is 4. The average molecular weight is 561 g/mol. The predicted molar refractivity (Wildman–Crippen MR) is 159 cm³/mol. The molecule has 1 N–H and O–H groups in total. The first kappa shape index (κ1) is 31.7. The molecule has 0 saturated carbocycles. The van der Waals surface area contributed by atoms with Gasteiger partial charge in [0.25, 0.3) is 11.8 Å². The molecule has 3 amide bonds. The van der Waals surface area contributed by atoms with Crippen LogP contribution >= 0.6 is 0 Å². The Hall–Kier alpha value is -3.86. The van der Waals surface area contributed by atoms with Gasteiger partial charge in [-0.2, -0.15) is 5.26 Å². The molecule has 2 aliphatic rings. The molecular weight excluding hydrogens is 516 g/mol. The van der Waals surface area contributed by atoms with Gasteiger partial charge in [0.05, 0.1) is 11.5 Å². The van der Waals surface area contributed by atoms with Gasteiger partial charge in [0, 0.05) is 43.9 Å². The summed E-state index contributed by atoms with van der Waals surface area (Å²) >= 11 is 0. The molecule has 2 fully saturated rings. The lowest BCUT2D eigenvalue weighted by atomic mass is 9.80. The van der Waals surface area contributed by atoms with E-state index < -0.39 is 5.60 Å². The summed E-state index contributed by atoms with van der Waals surface area (Å²) in [6, 6.07) is 21.0. The Kier molecular flexibility index (Phi) is 10.6. The van der Waals surface area contributed by atoms with Gasteiger partial charge >= 0.3 is 6.09 Å². The second kappa shape index (κ2) is 13.7. The highest BCUT2D eigenvalue weighted by molar-refractivity contribution is 5.94. The number of nitriles is 1. The molecule has 0 radical (unpaired) electrons. The first-order chi connectivity index (χ1) is 19.3. The lowest BCUT2D eigenvalue weighted by Gasteiger charge is -2.39. The molecule has 0 unspecified atom stereocenters. The fraction of sp³-hybridized carbons (Fsp3) is 0.515. The zero-order valence-corrected chi connectivity index (χ0v) is 25.1.